The summed E-state index contributed by atoms with van der Waals surface area (Å²) in [6.07, 6.45) is 10.2. The quantitative estimate of drug-likeness (QED) is 0.800. The molecular weight excluding hydrogens is 254 g/mol. The molecule has 0 aromatic carbocycles. The third-order valence-corrected chi connectivity index (χ3v) is 5.08. The maximum atomic E-state index is 11.5. The van der Waals surface area contributed by atoms with Crippen molar-refractivity contribution >= 4 is 6.16 Å². The van der Waals surface area contributed by atoms with Gasteiger partial charge >= 0.3 is 6.16 Å². The Kier molecular flexibility index (Phi) is 5.70. The SMILES string of the molecule is CCCC[C@H]1[C@H](OC(=O)OC)CCC[C@@]12CCCCN2. The molecule has 0 bridgehead atoms. The van der Waals surface area contributed by atoms with Crippen LogP contribution in [0.1, 0.15) is 64.7 Å². The molecule has 0 amide bonds. The van der Waals surface area contributed by atoms with Crippen LogP contribution >= 0.6 is 0 Å². The fourth-order valence-electron chi connectivity index (χ4n) is 4.08. The van der Waals surface area contributed by atoms with Crippen LogP contribution in [-0.4, -0.2) is 31.5 Å². The summed E-state index contributed by atoms with van der Waals surface area (Å²) in [5, 5.41) is 3.78. The number of carbonyl (C=O) groups excluding carboxylic acids is 1. The molecule has 2 rings (SSSR count). The van der Waals surface area contributed by atoms with Gasteiger partial charge in [-0.2, -0.15) is 0 Å². The summed E-state index contributed by atoms with van der Waals surface area (Å²) >= 11 is 0. The van der Waals surface area contributed by atoms with Gasteiger partial charge in [0, 0.05) is 11.5 Å². The molecule has 1 saturated carbocycles. The summed E-state index contributed by atoms with van der Waals surface area (Å²) in [5.74, 6) is 0.440. The topological polar surface area (TPSA) is 47.6 Å². The number of piperidine rings is 1. The molecule has 116 valence electrons. The molecule has 2 aliphatic rings. The van der Waals surface area contributed by atoms with Crippen molar-refractivity contribution in [3.05, 3.63) is 0 Å². The molecule has 4 nitrogen and oxygen atoms in total. The Bertz CT molecular complexity index is 307. The van der Waals surface area contributed by atoms with E-state index in [4.69, 9.17) is 9.47 Å². The lowest BCUT2D eigenvalue weighted by Crippen LogP contribution is -2.59. The van der Waals surface area contributed by atoms with Crippen molar-refractivity contribution < 1.29 is 14.3 Å². The number of ether oxygens (including phenoxy) is 2. The maximum Gasteiger partial charge on any atom is 0.508 e. The number of rotatable bonds is 4. The van der Waals surface area contributed by atoms with Crippen molar-refractivity contribution in [2.75, 3.05) is 13.7 Å². The van der Waals surface area contributed by atoms with Crippen LogP contribution in [0.25, 0.3) is 0 Å². The van der Waals surface area contributed by atoms with Gasteiger partial charge in [0.1, 0.15) is 6.10 Å². The molecule has 0 unspecified atom stereocenters. The third kappa shape index (κ3) is 3.46. The molecule has 0 aromatic heterocycles. The molecule has 4 heteroatoms. The summed E-state index contributed by atoms with van der Waals surface area (Å²) in [6, 6.07) is 0. The van der Waals surface area contributed by atoms with Crippen molar-refractivity contribution in [3.63, 3.8) is 0 Å². The van der Waals surface area contributed by atoms with Crippen molar-refractivity contribution in [2.24, 2.45) is 5.92 Å². The number of hydrogen-bond acceptors (Lipinski definition) is 4. The number of methoxy groups -OCH3 is 1. The van der Waals surface area contributed by atoms with E-state index in [0.717, 1.165) is 25.8 Å². The second-order valence-electron chi connectivity index (χ2n) is 6.29. The Balaban J connectivity index is 2.10. The van der Waals surface area contributed by atoms with E-state index in [0.29, 0.717) is 5.92 Å². The first-order valence-electron chi connectivity index (χ1n) is 8.21. The monoisotopic (exact) mass is 283 g/mol. The van der Waals surface area contributed by atoms with Crippen LogP contribution in [0.15, 0.2) is 0 Å². The van der Waals surface area contributed by atoms with Crippen LogP contribution in [0.3, 0.4) is 0 Å². The highest BCUT2D eigenvalue weighted by atomic mass is 16.7. The van der Waals surface area contributed by atoms with Crippen molar-refractivity contribution in [1.29, 1.82) is 0 Å². The molecule has 1 aliphatic carbocycles. The fourth-order valence-corrected chi connectivity index (χ4v) is 4.08. The predicted octanol–water partition coefficient (Wildman–Crippen LogP) is 3.64. The molecular formula is C16H29NO3. The fraction of sp³-hybridized carbons (Fsp3) is 0.938. The normalized spacial score (nSPS) is 33.9. The largest absolute Gasteiger partial charge is 0.508 e. The van der Waals surface area contributed by atoms with E-state index in [1.165, 1.54) is 45.6 Å². The van der Waals surface area contributed by atoms with Gasteiger partial charge in [0.25, 0.3) is 0 Å². The maximum absolute atomic E-state index is 11.5. The highest BCUT2D eigenvalue weighted by Crippen LogP contribution is 2.43. The van der Waals surface area contributed by atoms with E-state index in [-0.39, 0.29) is 11.6 Å². The third-order valence-electron chi connectivity index (χ3n) is 5.08. The van der Waals surface area contributed by atoms with Gasteiger partial charge in [-0.1, -0.05) is 26.2 Å². The van der Waals surface area contributed by atoms with Gasteiger partial charge in [0.15, 0.2) is 0 Å². The summed E-state index contributed by atoms with van der Waals surface area (Å²) in [6.45, 7) is 3.33. The van der Waals surface area contributed by atoms with E-state index >= 15 is 0 Å². The first kappa shape index (κ1) is 15.6. The minimum absolute atomic E-state index is 0.0216. The van der Waals surface area contributed by atoms with Crippen LogP contribution < -0.4 is 5.32 Å². The average molecular weight is 283 g/mol. The van der Waals surface area contributed by atoms with Crippen LogP contribution in [0.5, 0.6) is 0 Å². The summed E-state index contributed by atoms with van der Waals surface area (Å²) < 4.78 is 10.3. The molecule has 20 heavy (non-hydrogen) atoms. The molecule has 3 atom stereocenters. The van der Waals surface area contributed by atoms with Crippen molar-refractivity contribution in [1.82, 2.24) is 5.32 Å². The lowest BCUT2D eigenvalue weighted by molar-refractivity contribution is -0.0481. The van der Waals surface area contributed by atoms with E-state index in [1.54, 1.807) is 0 Å². The number of carbonyl (C=O) groups is 1. The van der Waals surface area contributed by atoms with E-state index in [1.807, 2.05) is 0 Å². The molecule has 1 N–H and O–H groups in total. The lowest BCUT2D eigenvalue weighted by atomic mass is 9.65. The highest BCUT2D eigenvalue weighted by Gasteiger charge is 2.47. The smallest absolute Gasteiger partial charge is 0.438 e. The zero-order valence-corrected chi connectivity index (χ0v) is 13.0. The zero-order valence-electron chi connectivity index (χ0n) is 13.0. The standard InChI is InChI=1S/C16H29NO3/c1-3-4-8-13-14(20-15(18)19-2)9-7-11-16(13)10-5-6-12-17-16/h13-14,17H,3-12H2,1-2H3/t13-,14+,16-/m0/s1. The van der Waals surface area contributed by atoms with Crippen LogP contribution in [0.4, 0.5) is 4.79 Å². The van der Waals surface area contributed by atoms with E-state index in [2.05, 4.69) is 12.2 Å². The number of unbranched alkanes of at least 4 members (excludes halogenated alkanes) is 1. The van der Waals surface area contributed by atoms with Gasteiger partial charge in [-0.3, -0.25) is 0 Å². The van der Waals surface area contributed by atoms with Crippen LogP contribution in [0.2, 0.25) is 0 Å². The van der Waals surface area contributed by atoms with E-state index in [9.17, 15) is 4.79 Å². The second-order valence-corrected chi connectivity index (χ2v) is 6.29. The van der Waals surface area contributed by atoms with Gasteiger partial charge in [-0.05, 0) is 45.1 Å². The highest BCUT2D eigenvalue weighted by molar-refractivity contribution is 5.59. The zero-order chi connectivity index (χ0) is 14.4. The summed E-state index contributed by atoms with van der Waals surface area (Å²) in [4.78, 5) is 11.5. The Morgan fingerprint density at radius 1 is 1.30 bits per heavy atom. The van der Waals surface area contributed by atoms with Gasteiger partial charge in [0.05, 0.1) is 7.11 Å². The molecule has 1 aliphatic heterocycles. The minimum atomic E-state index is -0.524. The predicted molar refractivity (Wildman–Crippen MR) is 78.7 cm³/mol. The van der Waals surface area contributed by atoms with Gasteiger partial charge < -0.3 is 14.8 Å². The van der Waals surface area contributed by atoms with Crippen LogP contribution in [-0.2, 0) is 9.47 Å². The van der Waals surface area contributed by atoms with Crippen molar-refractivity contribution in [3.8, 4) is 0 Å². The van der Waals surface area contributed by atoms with Gasteiger partial charge in [-0.15, -0.1) is 0 Å². The lowest BCUT2D eigenvalue weighted by Gasteiger charge is -2.50. The van der Waals surface area contributed by atoms with Crippen molar-refractivity contribution in [2.45, 2.75) is 76.4 Å². The second kappa shape index (κ2) is 7.30. The number of hydrogen-bond donors (Lipinski definition) is 1. The average Bonchev–Trinajstić information content (AvgIpc) is 2.47. The Labute approximate surface area is 122 Å². The molecule has 1 spiro atoms. The number of nitrogens with one attached hydrogen (secondary N) is 1. The molecule has 1 saturated heterocycles. The van der Waals surface area contributed by atoms with E-state index < -0.39 is 6.16 Å². The van der Waals surface area contributed by atoms with Gasteiger partial charge in [0.2, 0.25) is 0 Å². The Morgan fingerprint density at radius 2 is 2.10 bits per heavy atom. The molecule has 0 aromatic rings. The first-order chi connectivity index (χ1) is 9.72. The van der Waals surface area contributed by atoms with Crippen LogP contribution in [0, 0.1) is 5.92 Å². The molecule has 2 fully saturated rings. The molecule has 1 heterocycles. The first-order valence-corrected chi connectivity index (χ1v) is 8.21. The summed E-state index contributed by atoms with van der Waals surface area (Å²) in [7, 11) is 1.39. The van der Waals surface area contributed by atoms with Gasteiger partial charge in [-0.25, -0.2) is 4.79 Å². The minimum Gasteiger partial charge on any atom is -0.438 e. The Morgan fingerprint density at radius 3 is 2.75 bits per heavy atom. The molecule has 0 radical (unpaired) electrons. The summed E-state index contributed by atoms with van der Waals surface area (Å²) in [5.41, 5.74) is 0.199. The Hall–Kier alpha value is -0.770.